The van der Waals surface area contributed by atoms with E-state index in [-0.39, 0.29) is 6.61 Å². The summed E-state index contributed by atoms with van der Waals surface area (Å²) in [5.41, 5.74) is 4.44. The Bertz CT molecular complexity index is 375. The van der Waals surface area contributed by atoms with Crippen molar-refractivity contribution >= 4 is 0 Å². The second kappa shape index (κ2) is 5.65. The first kappa shape index (κ1) is 12.6. The van der Waals surface area contributed by atoms with Gasteiger partial charge in [-0.3, -0.25) is 0 Å². The minimum Gasteiger partial charge on any atom is -0.396 e. The van der Waals surface area contributed by atoms with Crippen LogP contribution in [0.2, 0.25) is 0 Å². The number of rotatable bonds is 5. The van der Waals surface area contributed by atoms with Gasteiger partial charge in [-0.25, -0.2) is 0 Å². The third-order valence-electron chi connectivity index (χ3n) is 3.71. The van der Waals surface area contributed by atoms with E-state index in [0.29, 0.717) is 12.0 Å². The van der Waals surface area contributed by atoms with Crippen LogP contribution in [0.4, 0.5) is 0 Å². The molecule has 94 valence electrons. The molecule has 0 amide bonds. The fourth-order valence-electron chi connectivity index (χ4n) is 2.42. The first-order valence-electron chi connectivity index (χ1n) is 6.66. The number of fused-ring (bicyclic) bond motifs is 1. The molecular formula is C15H23NO. The molecular weight excluding hydrogens is 210 g/mol. The lowest BCUT2D eigenvalue weighted by molar-refractivity contribution is 0.231. The largest absolute Gasteiger partial charge is 0.396 e. The van der Waals surface area contributed by atoms with Gasteiger partial charge in [0.2, 0.25) is 0 Å². The minimum absolute atomic E-state index is 0.254. The molecule has 2 nitrogen and oxygen atoms in total. The SMILES string of the molecule is CC(CO)CNC(C)c1ccc2c(c1)CCC2. The maximum Gasteiger partial charge on any atom is 0.0468 e. The molecule has 0 saturated carbocycles. The Hall–Kier alpha value is -0.860. The maximum atomic E-state index is 9.01. The topological polar surface area (TPSA) is 32.3 Å². The van der Waals surface area contributed by atoms with Gasteiger partial charge in [0.15, 0.2) is 0 Å². The van der Waals surface area contributed by atoms with E-state index in [2.05, 4.69) is 37.4 Å². The van der Waals surface area contributed by atoms with Crippen LogP contribution in [0.3, 0.4) is 0 Å². The lowest BCUT2D eigenvalue weighted by atomic mass is 10.0. The number of hydrogen-bond acceptors (Lipinski definition) is 2. The summed E-state index contributed by atoms with van der Waals surface area (Å²) in [6, 6.07) is 7.25. The molecule has 0 radical (unpaired) electrons. The monoisotopic (exact) mass is 233 g/mol. The van der Waals surface area contributed by atoms with Gasteiger partial charge in [0.1, 0.15) is 0 Å². The fourth-order valence-corrected chi connectivity index (χ4v) is 2.42. The lowest BCUT2D eigenvalue weighted by Gasteiger charge is -2.17. The van der Waals surface area contributed by atoms with Crippen LogP contribution in [0.1, 0.15) is 43.0 Å². The molecule has 0 bridgehead atoms. The number of aliphatic hydroxyl groups is 1. The Morgan fingerprint density at radius 3 is 2.76 bits per heavy atom. The molecule has 0 aromatic heterocycles. The zero-order valence-electron chi connectivity index (χ0n) is 10.9. The van der Waals surface area contributed by atoms with E-state index in [1.165, 1.54) is 36.0 Å². The van der Waals surface area contributed by atoms with Crippen LogP contribution < -0.4 is 5.32 Å². The molecule has 0 saturated heterocycles. The third kappa shape index (κ3) is 3.08. The van der Waals surface area contributed by atoms with Crippen LogP contribution in [0, 0.1) is 5.92 Å². The zero-order chi connectivity index (χ0) is 12.3. The summed E-state index contributed by atoms with van der Waals surface area (Å²) in [4.78, 5) is 0. The highest BCUT2D eigenvalue weighted by atomic mass is 16.3. The van der Waals surface area contributed by atoms with Crippen molar-refractivity contribution in [2.45, 2.75) is 39.2 Å². The van der Waals surface area contributed by atoms with Crippen LogP contribution in [0.5, 0.6) is 0 Å². The summed E-state index contributed by atoms with van der Waals surface area (Å²) >= 11 is 0. The van der Waals surface area contributed by atoms with Gasteiger partial charge in [-0.1, -0.05) is 25.1 Å². The number of hydrogen-bond donors (Lipinski definition) is 2. The van der Waals surface area contributed by atoms with Crippen LogP contribution >= 0.6 is 0 Å². The summed E-state index contributed by atoms with van der Waals surface area (Å²) in [5.74, 6) is 0.326. The van der Waals surface area contributed by atoms with Crippen LogP contribution in [0.25, 0.3) is 0 Å². The van der Waals surface area contributed by atoms with E-state index < -0.39 is 0 Å². The van der Waals surface area contributed by atoms with Crippen LogP contribution in [-0.2, 0) is 12.8 Å². The molecule has 2 atom stereocenters. The van der Waals surface area contributed by atoms with Crippen LogP contribution in [-0.4, -0.2) is 18.3 Å². The van der Waals surface area contributed by atoms with Crippen molar-refractivity contribution in [3.8, 4) is 0 Å². The smallest absolute Gasteiger partial charge is 0.0468 e. The van der Waals surface area contributed by atoms with Gasteiger partial charge in [-0.2, -0.15) is 0 Å². The molecule has 2 unspecified atom stereocenters. The van der Waals surface area contributed by atoms with Crippen molar-refractivity contribution in [3.63, 3.8) is 0 Å². The van der Waals surface area contributed by atoms with Gasteiger partial charge in [0.25, 0.3) is 0 Å². The highest BCUT2D eigenvalue weighted by Crippen LogP contribution is 2.25. The van der Waals surface area contributed by atoms with Gasteiger partial charge in [0, 0.05) is 19.2 Å². The molecule has 1 aromatic rings. The number of benzene rings is 1. The van der Waals surface area contributed by atoms with Crippen molar-refractivity contribution in [1.29, 1.82) is 0 Å². The zero-order valence-corrected chi connectivity index (χ0v) is 10.9. The number of aliphatic hydroxyl groups excluding tert-OH is 1. The standard InChI is InChI=1S/C15H23NO/c1-11(10-17)9-16-12(2)14-7-6-13-4-3-5-15(13)8-14/h6-8,11-12,16-17H,3-5,9-10H2,1-2H3. The molecule has 2 rings (SSSR count). The van der Waals surface area contributed by atoms with E-state index in [0.717, 1.165) is 6.54 Å². The summed E-state index contributed by atoms with van der Waals surface area (Å²) in [7, 11) is 0. The Morgan fingerprint density at radius 2 is 2.00 bits per heavy atom. The summed E-state index contributed by atoms with van der Waals surface area (Å²) < 4.78 is 0. The third-order valence-corrected chi connectivity index (χ3v) is 3.71. The summed E-state index contributed by atoms with van der Waals surface area (Å²) in [6.45, 7) is 5.38. The minimum atomic E-state index is 0.254. The van der Waals surface area contributed by atoms with Gasteiger partial charge >= 0.3 is 0 Å². The highest BCUT2D eigenvalue weighted by molar-refractivity contribution is 5.36. The first-order chi connectivity index (χ1) is 8.20. The molecule has 0 aliphatic heterocycles. The van der Waals surface area contributed by atoms with Crippen molar-refractivity contribution in [1.82, 2.24) is 5.32 Å². The van der Waals surface area contributed by atoms with Crippen molar-refractivity contribution in [3.05, 3.63) is 34.9 Å². The molecule has 0 spiro atoms. The van der Waals surface area contributed by atoms with Crippen molar-refractivity contribution < 1.29 is 5.11 Å². The molecule has 2 N–H and O–H groups in total. The Morgan fingerprint density at radius 1 is 1.24 bits per heavy atom. The predicted molar refractivity (Wildman–Crippen MR) is 71.1 cm³/mol. The number of aryl methyl sites for hydroxylation is 2. The predicted octanol–water partition coefficient (Wildman–Crippen LogP) is 2.45. The fraction of sp³-hybridized carbons (Fsp3) is 0.600. The molecule has 1 aliphatic rings. The van der Waals surface area contributed by atoms with E-state index in [9.17, 15) is 0 Å². The van der Waals surface area contributed by atoms with E-state index in [4.69, 9.17) is 5.11 Å². The average molecular weight is 233 g/mol. The van der Waals surface area contributed by atoms with Gasteiger partial charge in [-0.05, 0) is 48.8 Å². The Kier molecular flexibility index (Phi) is 4.19. The van der Waals surface area contributed by atoms with E-state index in [1.54, 1.807) is 0 Å². The quantitative estimate of drug-likeness (QED) is 0.819. The van der Waals surface area contributed by atoms with E-state index in [1.807, 2.05) is 0 Å². The second-order valence-electron chi connectivity index (χ2n) is 5.30. The first-order valence-corrected chi connectivity index (χ1v) is 6.66. The molecule has 1 aromatic carbocycles. The Labute approximate surface area is 104 Å². The van der Waals surface area contributed by atoms with Crippen molar-refractivity contribution in [2.75, 3.05) is 13.2 Å². The normalized spacial score (nSPS) is 17.8. The molecule has 1 aliphatic carbocycles. The molecule has 0 heterocycles. The van der Waals surface area contributed by atoms with E-state index >= 15 is 0 Å². The Balaban J connectivity index is 1.97. The van der Waals surface area contributed by atoms with Gasteiger partial charge in [-0.15, -0.1) is 0 Å². The maximum absolute atomic E-state index is 9.01. The molecule has 0 fully saturated rings. The van der Waals surface area contributed by atoms with Crippen LogP contribution in [0.15, 0.2) is 18.2 Å². The van der Waals surface area contributed by atoms with Crippen molar-refractivity contribution in [2.24, 2.45) is 5.92 Å². The van der Waals surface area contributed by atoms with Gasteiger partial charge < -0.3 is 10.4 Å². The molecule has 2 heteroatoms. The average Bonchev–Trinajstić information content (AvgIpc) is 2.82. The summed E-state index contributed by atoms with van der Waals surface area (Å²) in [6.07, 6.45) is 3.80. The van der Waals surface area contributed by atoms with Gasteiger partial charge in [0.05, 0.1) is 0 Å². The lowest BCUT2D eigenvalue weighted by Crippen LogP contribution is -2.26. The second-order valence-corrected chi connectivity index (χ2v) is 5.30. The number of nitrogens with one attached hydrogen (secondary N) is 1. The summed E-state index contributed by atoms with van der Waals surface area (Å²) in [5, 5.41) is 12.5. The molecule has 17 heavy (non-hydrogen) atoms. The highest BCUT2D eigenvalue weighted by Gasteiger charge is 2.13.